The number of amides is 1. The number of alkyl halides is 1. The molecule has 0 spiro atoms. The summed E-state index contributed by atoms with van der Waals surface area (Å²) in [7, 11) is 0. The number of nitrogens with zero attached hydrogens (tertiary/aromatic N) is 2. The number of piperazine rings is 1. The van der Waals surface area contributed by atoms with E-state index in [-0.39, 0.29) is 12.7 Å². The van der Waals surface area contributed by atoms with Crippen LogP contribution >= 0.6 is 0 Å². The van der Waals surface area contributed by atoms with E-state index >= 15 is 0 Å². The van der Waals surface area contributed by atoms with Gasteiger partial charge in [0.2, 0.25) is 0 Å². The molecule has 1 aliphatic rings. The van der Waals surface area contributed by atoms with Gasteiger partial charge in [-0.2, -0.15) is 0 Å². The topological polar surface area (TPSA) is 53.0 Å². The number of β-amino-alcohol motifs (C(OH)–C–C–N with tert-alkyl or cyclic N) is 1. The van der Waals surface area contributed by atoms with Crippen LogP contribution in [0, 0.1) is 0 Å². The van der Waals surface area contributed by atoms with Gasteiger partial charge in [0.25, 0.3) is 0 Å². The van der Waals surface area contributed by atoms with Crippen LogP contribution in [0.3, 0.4) is 0 Å². The molecular weight excluding hydrogens is 275 g/mol. The molecule has 2 rings (SSSR count). The first-order chi connectivity index (χ1) is 10.2. The maximum atomic E-state index is 12.2. The summed E-state index contributed by atoms with van der Waals surface area (Å²) in [6.45, 7) is 2.15. The fraction of sp³-hybridized carbons (Fsp3) is 0.533. The first-order valence-electron chi connectivity index (χ1n) is 7.11. The molecule has 1 atom stereocenters. The molecule has 1 heterocycles. The van der Waals surface area contributed by atoms with E-state index in [2.05, 4.69) is 0 Å². The van der Waals surface area contributed by atoms with E-state index < -0.39 is 12.8 Å². The summed E-state index contributed by atoms with van der Waals surface area (Å²) in [4.78, 5) is 15.5. The molecule has 1 saturated heterocycles. The van der Waals surface area contributed by atoms with Gasteiger partial charge in [-0.05, 0) is 5.56 Å². The van der Waals surface area contributed by atoms with Gasteiger partial charge in [-0.1, -0.05) is 30.3 Å². The van der Waals surface area contributed by atoms with Gasteiger partial charge in [0.1, 0.15) is 13.3 Å². The second kappa shape index (κ2) is 7.95. The fourth-order valence-electron chi connectivity index (χ4n) is 2.27. The van der Waals surface area contributed by atoms with Gasteiger partial charge in [0.05, 0.1) is 6.10 Å². The number of benzene rings is 1. The summed E-state index contributed by atoms with van der Waals surface area (Å²) < 4.78 is 17.5. The van der Waals surface area contributed by atoms with Crippen molar-refractivity contribution in [2.75, 3.05) is 39.4 Å². The highest BCUT2D eigenvalue weighted by Gasteiger charge is 2.23. The Labute approximate surface area is 123 Å². The number of hydrogen-bond acceptors (Lipinski definition) is 4. The number of carbonyl (C=O) groups is 1. The molecule has 1 unspecified atom stereocenters. The van der Waals surface area contributed by atoms with Crippen LogP contribution in [0.4, 0.5) is 9.18 Å². The third kappa shape index (κ3) is 4.99. The molecule has 1 aromatic carbocycles. The van der Waals surface area contributed by atoms with Crippen molar-refractivity contribution in [2.45, 2.75) is 12.7 Å². The molecule has 1 amide bonds. The van der Waals surface area contributed by atoms with Crippen LogP contribution in [0.15, 0.2) is 30.3 Å². The first-order valence-corrected chi connectivity index (χ1v) is 7.11. The Morgan fingerprint density at radius 2 is 1.90 bits per heavy atom. The second-order valence-electron chi connectivity index (χ2n) is 5.14. The van der Waals surface area contributed by atoms with E-state index in [1.807, 2.05) is 35.2 Å². The van der Waals surface area contributed by atoms with Gasteiger partial charge in [0, 0.05) is 32.7 Å². The molecule has 5 nitrogen and oxygen atoms in total. The Morgan fingerprint density at radius 1 is 1.24 bits per heavy atom. The SMILES string of the molecule is O=C(OCc1ccccc1)N1CCN(CC(O)CF)CC1. The number of halogens is 1. The van der Waals surface area contributed by atoms with Crippen molar-refractivity contribution in [1.82, 2.24) is 9.80 Å². The highest BCUT2D eigenvalue weighted by atomic mass is 19.1. The lowest BCUT2D eigenvalue weighted by Gasteiger charge is -2.34. The lowest BCUT2D eigenvalue weighted by Crippen LogP contribution is -2.50. The average molecular weight is 296 g/mol. The number of ether oxygens (including phenoxy) is 1. The molecule has 6 heteroatoms. The van der Waals surface area contributed by atoms with Gasteiger partial charge in [-0.25, -0.2) is 9.18 Å². The van der Waals surface area contributed by atoms with E-state index in [0.29, 0.717) is 32.7 Å². The van der Waals surface area contributed by atoms with Crippen molar-refractivity contribution in [3.63, 3.8) is 0 Å². The second-order valence-corrected chi connectivity index (χ2v) is 5.14. The van der Waals surface area contributed by atoms with E-state index in [1.54, 1.807) is 4.90 Å². The molecule has 1 fully saturated rings. The highest BCUT2D eigenvalue weighted by molar-refractivity contribution is 5.67. The van der Waals surface area contributed by atoms with E-state index in [1.165, 1.54) is 0 Å². The van der Waals surface area contributed by atoms with Crippen molar-refractivity contribution in [1.29, 1.82) is 0 Å². The van der Waals surface area contributed by atoms with Gasteiger partial charge in [0.15, 0.2) is 0 Å². The molecular formula is C15H21FN2O3. The van der Waals surface area contributed by atoms with Crippen LogP contribution in [0.2, 0.25) is 0 Å². The largest absolute Gasteiger partial charge is 0.445 e. The number of carbonyl (C=O) groups excluding carboxylic acids is 1. The summed E-state index contributed by atoms with van der Waals surface area (Å²) in [5.41, 5.74) is 0.954. The quantitative estimate of drug-likeness (QED) is 0.889. The smallest absolute Gasteiger partial charge is 0.410 e. The lowest BCUT2D eigenvalue weighted by molar-refractivity contribution is 0.0469. The minimum atomic E-state index is -0.943. The molecule has 0 aliphatic carbocycles. The summed E-state index contributed by atoms with van der Waals surface area (Å²) >= 11 is 0. The predicted octanol–water partition coefficient (Wildman–Crippen LogP) is 1.27. The van der Waals surface area contributed by atoms with Crippen molar-refractivity contribution >= 4 is 6.09 Å². The Hall–Kier alpha value is -1.66. The zero-order chi connectivity index (χ0) is 15.1. The molecule has 1 aromatic rings. The van der Waals surface area contributed by atoms with Crippen LogP contribution in [-0.2, 0) is 11.3 Å². The zero-order valence-electron chi connectivity index (χ0n) is 11.9. The van der Waals surface area contributed by atoms with Gasteiger partial charge < -0.3 is 14.7 Å². The van der Waals surface area contributed by atoms with Crippen LogP contribution in [0.1, 0.15) is 5.56 Å². The third-order valence-corrected chi connectivity index (χ3v) is 3.48. The third-order valence-electron chi connectivity index (χ3n) is 3.48. The lowest BCUT2D eigenvalue weighted by atomic mass is 10.2. The van der Waals surface area contributed by atoms with Gasteiger partial charge in [-0.3, -0.25) is 4.90 Å². The molecule has 116 valence electrons. The van der Waals surface area contributed by atoms with Gasteiger partial charge in [-0.15, -0.1) is 0 Å². The minimum Gasteiger partial charge on any atom is -0.445 e. The van der Waals surface area contributed by atoms with Crippen LogP contribution in [0.5, 0.6) is 0 Å². The van der Waals surface area contributed by atoms with Gasteiger partial charge >= 0.3 is 6.09 Å². The Kier molecular flexibility index (Phi) is 5.95. The minimum absolute atomic E-state index is 0.264. The summed E-state index contributed by atoms with van der Waals surface area (Å²) in [6.07, 6.45) is -1.27. The maximum absolute atomic E-state index is 12.2. The van der Waals surface area contributed by atoms with Crippen LogP contribution in [0.25, 0.3) is 0 Å². The van der Waals surface area contributed by atoms with Crippen LogP contribution < -0.4 is 0 Å². The molecule has 21 heavy (non-hydrogen) atoms. The van der Waals surface area contributed by atoms with E-state index in [4.69, 9.17) is 4.74 Å². The average Bonchev–Trinajstić information content (AvgIpc) is 2.54. The first kappa shape index (κ1) is 15.7. The number of aliphatic hydroxyl groups is 1. The fourth-order valence-corrected chi connectivity index (χ4v) is 2.27. The number of aliphatic hydroxyl groups excluding tert-OH is 1. The summed E-state index contributed by atoms with van der Waals surface area (Å²) in [5, 5.41) is 9.27. The standard InChI is InChI=1S/C15H21FN2O3/c16-10-14(19)11-17-6-8-18(9-7-17)15(20)21-12-13-4-2-1-3-5-13/h1-5,14,19H,6-12H2. The zero-order valence-corrected chi connectivity index (χ0v) is 11.9. The Bertz CT molecular complexity index is 436. The monoisotopic (exact) mass is 296 g/mol. The maximum Gasteiger partial charge on any atom is 0.410 e. The summed E-state index contributed by atoms with van der Waals surface area (Å²) in [5.74, 6) is 0. The van der Waals surface area contributed by atoms with E-state index in [9.17, 15) is 14.3 Å². The molecule has 1 N–H and O–H groups in total. The van der Waals surface area contributed by atoms with Crippen molar-refractivity contribution < 1.29 is 19.0 Å². The van der Waals surface area contributed by atoms with Crippen molar-refractivity contribution in [2.24, 2.45) is 0 Å². The molecule has 0 bridgehead atoms. The van der Waals surface area contributed by atoms with Crippen molar-refractivity contribution in [3.8, 4) is 0 Å². The molecule has 0 saturated carbocycles. The molecule has 0 aromatic heterocycles. The molecule has 0 radical (unpaired) electrons. The predicted molar refractivity (Wildman–Crippen MR) is 76.6 cm³/mol. The highest BCUT2D eigenvalue weighted by Crippen LogP contribution is 2.07. The number of hydrogen-bond donors (Lipinski definition) is 1. The van der Waals surface area contributed by atoms with Crippen LogP contribution in [-0.4, -0.2) is 66.5 Å². The Balaban J connectivity index is 1.70. The number of rotatable bonds is 5. The van der Waals surface area contributed by atoms with E-state index in [0.717, 1.165) is 5.56 Å². The van der Waals surface area contributed by atoms with Crippen molar-refractivity contribution in [3.05, 3.63) is 35.9 Å². The Morgan fingerprint density at radius 3 is 2.52 bits per heavy atom. The molecule has 1 aliphatic heterocycles. The summed E-state index contributed by atoms with van der Waals surface area (Å²) in [6, 6.07) is 9.53. The normalized spacial score (nSPS) is 17.5.